The van der Waals surface area contributed by atoms with Crippen molar-refractivity contribution in [1.82, 2.24) is 4.90 Å². The summed E-state index contributed by atoms with van der Waals surface area (Å²) in [4.78, 5) is 27.1. The van der Waals surface area contributed by atoms with Crippen LogP contribution in [0.3, 0.4) is 0 Å². The summed E-state index contributed by atoms with van der Waals surface area (Å²) >= 11 is 0. The molecule has 0 aromatic heterocycles. The molecule has 4 nitrogen and oxygen atoms in total. The molecule has 2 amide bonds. The van der Waals surface area contributed by atoms with Crippen molar-refractivity contribution >= 4 is 17.5 Å². The summed E-state index contributed by atoms with van der Waals surface area (Å²) in [5.74, 6) is -0.234. The quantitative estimate of drug-likeness (QED) is 0.795. The molecule has 0 aliphatic carbocycles. The van der Waals surface area contributed by atoms with Gasteiger partial charge in [0.05, 0.1) is 0 Å². The molecule has 0 fully saturated rings. The summed E-state index contributed by atoms with van der Waals surface area (Å²) in [6.07, 6.45) is 1.70. The van der Waals surface area contributed by atoms with Crippen molar-refractivity contribution in [3.05, 3.63) is 64.7 Å². The van der Waals surface area contributed by atoms with Gasteiger partial charge in [0.1, 0.15) is 0 Å². The van der Waals surface area contributed by atoms with Crippen LogP contribution in [-0.4, -0.2) is 29.8 Å². The Morgan fingerprint density at radius 2 is 1.38 bits per heavy atom. The number of carbonyl (C=O) groups excluding carboxylic acids is 2. The zero-order chi connectivity index (χ0) is 19.1. The Labute approximate surface area is 156 Å². The number of rotatable bonds is 7. The summed E-state index contributed by atoms with van der Waals surface area (Å²) in [5, 5.41) is 3.06. The van der Waals surface area contributed by atoms with Gasteiger partial charge in [-0.15, -0.1) is 0 Å². The van der Waals surface area contributed by atoms with Crippen LogP contribution in [0.2, 0.25) is 0 Å². The van der Waals surface area contributed by atoms with Crippen LogP contribution in [0.25, 0.3) is 0 Å². The molecule has 4 heteroatoms. The second-order valence-electron chi connectivity index (χ2n) is 6.17. The molecule has 0 saturated carbocycles. The van der Waals surface area contributed by atoms with E-state index >= 15 is 0 Å². The van der Waals surface area contributed by atoms with E-state index in [0.29, 0.717) is 24.2 Å². The predicted molar refractivity (Wildman–Crippen MR) is 107 cm³/mol. The fraction of sp³-hybridized carbons (Fsp3) is 0.364. The molecule has 0 spiro atoms. The van der Waals surface area contributed by atoms with Crippen molar-refractivity contribution in [2.24, 2.45) is 0 Å². The van der Waals surface area contributed by atoms with E-state index in [1.165, 1.54) is 0 Å². The highest BCUT2D eigenvalue weighted by molar-refractivity contribution is 6.06. The predicted octanol–water partition coefficient (Wildman–Crippen LogP) is 4.55. The molecule has 1 N–H and O–H groups in total. The lowest BCUT2D eigenvalue weighted by Crippen LogP contribution is -2.30. The van der Waals surface area contributed by atoms with E-state index in [-0.39, 0.29) is 11.8 Å². The highest BCUT2D eigenvalue weighted by Crippen LogP contribution is 2.23. The first-order valence-electron chi connectivity index (χ1n) is 9.37. The normalized spacial score (nSPS) is 10.5. The lowest BCUT2D eigenvalue weighted by atomic mass is 10.0. The Kier molecular flexibility index (Phi) is 6.96. The van der Waals surface area contributed by atoms with Crippen LogP contribution in [0, 0.1) is 0 Å². The highest BCUT2D eigenvalue weighted by atomic mass is 16.2. The van der Waals surface area contributed by atoms with Crippen LogP contribution in [0.5, 0.6) is 0 Å². The summed E-state index contributed by atoms with van der Waals surface area (Å²) < 4.78 is 0. The number of hydrogen-bond acceptors (Lipinski definition) is 2. The first-order chi connectivity index (χ1) is 12.5. The average molecular weight is 352 g/mol. The molecule has 0 aliphatic rings. The molecule has 0 aliphatic heterocycles. The Hall–Kier alpha value is -2.62. The minimum atomic E-state index is -0.185. The van der Waals surface area contributed by atoms with Gasteiger partial charge in [-0.05, 0) is 56.0 Å². The van der Waals surface area contributed by atoms with Crippen molar-refractivity contribution in [2.45, 2.75) is 40.5 Å². The molecular formula is C22H28N2O2. The number of nitrogens with one attached hydrogen (secondary N) is 1. The molecular weight excluding hydrogens is 324 g/mol. The number of carbonyl (C=O) groups is 2. The molecule has 2 aromatic rings. The number of amides is 2. The maximum atomic E-state index is 12.8. The molecule has 0 radical (unpaired) electrons. The first-order valence-corrected chi connectivity index (χ1v) is 9.37. The summed E-state index contributed by atoms with van der Waals surface area (Å²) in [7, 11) is 0. The Morgan fingerprint density at radius 3 is 1.92 bits per heavy atom. The maximum Gasteiger partial charge on any atom is 0.255 e. The van der Waals surface area contributed by atoms with Gasteiger partial charge < -0.3 is 10.2 Å². The molecule has 138 valence electrons. The number of benzene rings is 2. The Bertz CT molecular complexity index is 757. The standard InChI is InChI=1S/C22H28N2O2/c1-5-16-11-9-12-17(6-2)20(16)23-21(25)18-13-10-14-19(15-18)22(26)24(7-3)8-4/h9-15H,5-8H2,1-4H3,(H,23,25). The van der Waals surface area contributed by atoms with Crippen LogP contribution >= 0.6 is 0 Å². The van der Waals surface area contributed by atoms with Crippen LogP contribution in [-0.2, 0) is 12.8 Å². The number of anilines is 1. The van der Waals surface area contributed by atoms with Gasteiger partial charge in [0.25, 0.3) is 11.8 Å². The van der Waals surface area contributed by atoms with Crippen molar-refractivity contribution in [3.63, 3.8) is 0 Å². The van der Waals surface area contributed by atoms with Gasteiger partial charge in [-0.3, -0.25) is 9.59 Å². The van der Waals surface area contributed by atoms with Crippen LogP contribution in [0.15, 0.2) is 42.5 Å². The first kappa shape index (κ1) is 19.7. The molecule has 0 bridgehead atoms. The third kappa shape index (κ3) is 4.31. The van der Waals surface area contributed by atoms with Gasteiger partial charge in [-0.25, -0.2) is 0 Å². The van der Waals surface area contributed by atoms with Gasteiger partial charge in [0.2, 0.25) is 0 Å². The van der Waals surface area contributed by atoms with Gasteiger partial charge in [0.15, 0.2) is 0 Å². The third-order valence-electron chi connectivity index (χ3n) is 4.66. The fourth-order valence-corrected chi connectivity index (χ4v) is 3.08. The molecule has 0 atom stereocenters. The van der Waals surface area contributed by atoms with Gasteiger partial charge in [-0.2, -0.15) is 0 Å². The number of aryl methyl sites for hydroxylation is 2. The van der Waals surface area contributed by atoms with Gasteiger partial charge in [0, 0.05) is 29.9 Å². The minimum absolute atomic E-state index is 0.0483. The zero-order valence-corrected chi connectivity index (χ0v) is 16.1. The van der Waals surface area contributed by atoms with E-state index in [9.17, 15) is 9.59 Å². The SMILES string of the molecule is CCc1cccc(CC)c1NC(=O)c1cccc(C(=O)N(CC)CC)c1. The zero-order valence-electron chi connectivity index (χ0n) is 16.1. The average Bonchev–Trinajstić information content (AvgIpc) is 2.69. The summed E-state index contributed by atoms with van der Waals surface area (Å²) in [5.41, 5.74) is 4.17. The minimum Gasteiger partial charge on any atom is -0.339 e. The molecule has 0 heterocycles. The molecule has 0 saturated heterocycles. The number of para-hydroxylation sites is 1. The summed E-state index contributed by atoms with van der Waals surface area (Å²) in [6.45, 7) is 9.35. The van der Waals surface area contributed by atoms with Crippen LogP contribution < -0.4 is 5.32 Å². The topological polar surface area (TPSA) is 49.4 Å². The Morgan fingerprint density at radius 1 is 0.846 bits per heavy atom. The monoisotopic (exact) mass is 352 g/mol. The van der Waals surface area contributed by atoms with E-state index in [4.69, 9.17) is 0 Å². The van der Waals surface area contributed by atoms with Crippen molar-refractivity contribution in [3.8, 4) is 0 Å². The van der Waals surface area contributed by atoms with Gasteiger partial charge in [-0.1, -0.05) is 38.1 Å². The molecule has 0 unspecified atom stereocenters. The van der Waals surface area contributed by atoms with E-state index in [0.717, 1.165) is 29.7 Å². The lowest BCUT2D eigenvalue weighted by molar-refractivity contribution is 0.0773. The molecule has 2 aromatic carbocycles. The number of hydrogen-bond donors (Lipinski definition) is 1. The van der Waals surface area contributed by atoms with E-state index < -0.39 is 0 Å². The second-order valence-corrected chi connectivity index (χ2v) is 6.17. The molecule has 26 heavy (non-hydrogen) atoms. The van der Waals surface area contributed by atoms with Crippen LogP contribution in [0.1, 0.15) is 59.5 Å². The van der Waals surface area contributed by atoms with E-state index in [2.05, 4.69) is 19.2 Å². The smallest absolute Gasteiger partial charge is 0.255 e. The van der Waals surface area contributed by atoms with Crippen molar-refractivity contribution in [1.29, 1.82) is 0 Å². The van der Waals surface area contributed by atoms with E-state index in [1.54, 1.807) is 29.2 Å². The van der Waals surface area contributed by atoms with Crippen LogP contribution in [0.4, 0.5) is 5.69 Å². The Balaban J connectivity index is 2.29. The largest absolute Gasteiger partial charge is 0.339 e. The highest BCUT2D eigenvalue weighted by Gasteiger charge is 2.16. The maximum absolute atomic E-state index is 12.8. The van der Waals surface area contributed by atoms with Crippen molar-refractivity contribution < 1.29 is 9.59 Å². The van der Waals surface area contributed by atoms with Gasteiger partial charge >= 0.3 is 0 Å². The molecule has 2 rings (SSSR count). The number of nitrogens with zero attached hydrogens (tertiary/aromatic N) is 1. The lowest BCUT2D eigenvalue weighted by Gasteiger charge is -2.19. The van der Waals surface area contributed by atoms with E-state index in [1.807, 2.05) is 32.0 Å². The third-order valence-corrected chi connectivity index (χ3v) is 4.66. The fourth-order valence-electron chi connectivity index (χ4n) is 3.08. The second kappa shape index (κ2) is 9.18. The van der Waals surface area contributed by atoms with Crippen molar-refractivity contribution in [2.75, 3.05) is 18.4 Å². The summed E-state index contributed by atoms with van der Waals surface area (Å²) in [6, 6.07) is 13.0.